The number of amides is 2. The lowest BCUT2D eigenvalue weighted by atomic mass is 9.91. The van der Waals surface area contributed by atoms with Gasteiger partial charge in [-0.25, -0.2) is 0 Å². The third kappa shape index (κ3) is 5.22. The quantitative estimate of drug-likeness (QED) is 0.721. The molecule has 0 saturated carbocycles. The van der Waals surface area contributed by atoms with E-state index in [2.05, 4.69) is 5.32 Å². The number of nitrogens with zero attached hydrogens (tertiary/aromatic N) is 1. The minimum atomic E-state index is -0.968. The maximum atomic E-state index is 12.8. The molecule has 152 valence electrons. The molecule has 0 bridgehead atoms. The number of hydrogen-bond acceptors (Lipinski definition) is 5. The van der Waals surface area contributed by atoms with Crippen LogP contribution in [0.2, 0.25) is 0 Å². The predicted octanol–water partition coefficient (Wildman–Crippen LogP) is 1.05. The summed E-state index contributed by atoms with van der Waals surface area (Å²) in [6.45, 7) is 1.46. The van der Waals surface area contributed by atoms with Crippen molar-refractivity contribution in [1.29, 1.82) is 0 Å². The van der Waals surface area contributed by atoms with Crippen LogP contribution in [-0.4, -0.2) is 66.2 Å². The largest absolute Gasteiger partial charge is 0.484 e. The number of ether oxygens (including phenoxy) is 2. The highest BCUT2D eigenvalue weighted by Gasteiger charge is 2.40. The molecule has 0 aliphatic carbocycles. The molecule has 2 unspecified atom stereocenters. The van der Waals surface area contributed by atoms with E-state index < -0.39 is 11.5 Å². The summed E-state index contributed by atoms with van der Waals surface area (Å²) >= 11 is 0. The van der Waals surface area contributed by atoms with Gasteiger partial charge in [-0.3, -0.25) is 14.4 Å². The molecule has 8 nitrogen and oxygen atoms in total. The first-order valence-electron chi connectivity index (χ1n) is 9.55. The number of nitrogens with one attached hydrogen (secondary N) is 1. The van der Waals surface area contributed by atoms with E-state index in [1.807, 2.05) is 18.2 Å². The lowest BCUT2D eigenvalue weighted by molar-refractivity contribution is -0.140. The highest BCUT2D eigenvalue weighted by Crippen LogP contribution is 2.25. The second kappa shape index (κ2) is 9.05. The summed E-state index contributed by atoms with van der Waals surface area (Å²) in [6, 6.07) is 9.10. The van der Waals surface area contributed by atoms with Gasteiger partial charge in [0.25, 0.3) is 5.91 Å². The Morgan fingerprint density at radius 2 is 2.07 bits per heavy atom. The zero-order valence-corrected chi connectivity index (χ0v) is 15.8. The summed E-state index contributed by atoms with van der Waals surface area (Å²) in [6.07, 6.45) is 1.70. The van der Waals surface area contributed by atoms with Crippen LogP contribution in [0.1, 0.15) is 25.7 Å². The summed E-state index contributed by atoms with van der Waals surface area (Å²) in [5.74, 6) is -1.08. The minimum Gasteiger partial charge on any atom is -0.484 e. The molecule has 2 aliphatic heterocycles. The van der Waals surface area contributed by atoms with E-state index in [1.54, 1.807) is 17.0 Å². The number of hydrogen-bond donors (Lipinski definition) is 2. The fourth-order valence-electron chi connectivity index (χ4n) is 3.71. The number of carbonyl (C=O) groups is 3. The van der Waals surface area contributed by atoms with Crippen molar-refractivity contribution in [2.45, 2.75) is 31.2 Å². The molecule has 8 heteroatoms. The number of carboxylic acids is 1. The third-order valence-electron chi connectivity index (χ3n) is 5.23. The highest BCUT2D eigenvalue weighted by atomic mass is 16.5. The van der Waals surface area contributed by atoms with Gasteiger partial charge in [-0.05, 0) is 31.4 Å². The van der Waals surface area contributed by atoms with Crippen LogP contribution in [0.15, 0.2) is 30.3 Å². The van der Waals surface area contributed by atoms with Gasteiger partial charge in [-0.1, -0.05) is 18.2 Å². The van der Waals surface area contributed by atoms with Gasteiger partial charge in [0.1, 0.15) is 5.75 Å². The molecule has 1 aromatic carbocycles. The molecule has 2 heterocycles. The van der Waals surface area contributed by atoms with Gasteiger partial charge >= 0.3 is 5.97 Å². The molecule has 2 atom stereocenters. The maximum absolute atomic E-state index is 12.8. The van der Waals surface area contributed by atoms with Gasteiger partial charge in [0.05, 0.1) is 24.5 Å². The number of likely N-dealkylation sites (tertiary alicyclic amines) is 1. The monoisotopic (exact) mass is 390 g/mol. The maximum Gasteiger partial charge on any atom is 0.305 e. The average Bonchev–Trinajstić information content (AvgIpc) is 3.14. The number of aliphatic carboxylic acids is 1. The zero-order chi connectivity index (χ0) is 20.0. The Kier molecular flexibility index (Phi) is 6.51. The molecule has 1 aromatic rings. The molecule has 0 aromatic heterocycles. The standard InChI is InChI=1S/C20H26N2O6/c23-17(13-28-16-6-2-1-3-7-16)22-9-4-5-15(12-22)19(26)21-20(11-18(24)25)8-10-27-14-20/h1-3,6-7,15H,4-5,8-14H2,(H,21,26)(H,24,25). The summed E-state index contributed by atoms with van der Waals surface area (Å²) in [4.78, 5) is 38.0. The fraction of sp³-hybridized carbons (Fsp3) is 0.550. The second-order valence-electron chi connectivity index (χ2n) is 7.42. The van der Waals surface area contributed by atoms with Crippen molar-refractivity contribution < 1.29 is 29.0 Å². The SMILES string of the molecule is O=C(O)CC1(NC(=O)C2CCCN(C(=O)COc3ccccc3)C2)CCOC1. The minimum absolute atomic E-state index is 0.0743. The first-order chi connectivity index (χ1) is 13.5. The Bertz CT molecular complexity index is 702. The van der Waals surface area contributed by atoms with Crippen LogP contribution < -0.4 is 10.1 Å². The van der Waals surface area contributed by atoms with Crippen molar-refractivity contribution in [3.8, 4) is 5.75 Å². The van der Waals surface area contributed by atoms with Gasteiger partial charge < -0.3 is 24.8 Å². The highest BCUT2D eigenvalue weighted by molar-refractivity contribution is 5.83. The fourth-order valence-corrected chi connectivity index (χ4v) is 3.71. The second-order valence-corrected chi connectivity index (χ2v) is 7.42. The Morgan fingerprint density at radius 3 is 2.75 bits per heavy atom. The first-order valence-corrected chi connectivity index (χ1v) is 9.55. The topological polar surface area (TPSA) is 105 Å². The van der Waals surface area contributed by atoms with E-state index in [-0.39, 0.29) is 37.4 Å². The summed E-state index contributed by atoms with van der Waals surface area (Å²) < 4.78 is 10.8. The van der Waals surface area contributed by atoms with Crippen LogP contribution in [0.25, 0.3) is 0 Å². The molecule has 2 amide bonds. The van der Waals surface area contributed by atoms with Crippen LogP contribution in [0, 0.1) is 5.92 Å². The Morgan fingerprint density at radius 1 is 1.29 bits per heavy atom. The van der Waals surface area contributed by atoms with E-state index >= 15 is 0 Å². The molecule has 0 spiro atoms. The van der Waals surface area contributed by atoms with Crippen LogP contribution in [0.5, 0.6) is 5.75 Å². The van der Waals surface area contributed by atoms with Crippen molar-refractivity contribution in [3.05, 3.63) is 30.3 Å². The number of rotatable bonds is 7. The Labute approximate surface area is 163 Å². The molecular formula is C20H26N2O6. The summed E-state index contributed by atoms with van der Waals surface area (Å²) in [5, 5.41) is 12.1. The van der Waals surface area contributed by atoms with Gasteiger partial charge in [0.2, 0.25) is 5.91 Å². The van der Waals surface area contributed by atoms with Crippen LogP contribution in [0.4, 0.5) is 0 Å². The molecule has 28 heavy (non-hydrogen) atoms. The third-order valence-corrected chi connectivity index (χ3v) is 5.23. The lowest BCUT2D eigenvalue weighted by Gasteiger charge is -2.35. The number of para-hydroxylation sites is 1. The molecular weight excluding hydrogens is 364 g/mol. The predicted molar refractivity (Wildman–Crippen MR) is 99.8 cm³/mol. The van der Waals surface area contributed by atoms with Gasteiger partial charge in [-0.2, -0.15) is 0 Å². The number of carboxylic acid groups (broad SMARTS) is 1. The molecule has 0 radical (unpaired) electrons. The Balaban J connectivity index is 1.54. The normalized spacial score (nSPS) is 24.6. The summed E-state index contributed by atoms with van der Waals surface area (Å²) in [5.41, 5.74) is -0.856. The molecule has 2 N–H and O–H groups in total. The van der Waals surface area contributed by atoms with E-state index in [0.717, 1.165) is 6.42 Å². The molecule has 3 rings (SSSR count). The Hall–Kier alpha value is -2.61. The van der Waals surface area contributed by atoms with Crippen LogP contribution >= 0.6 is 0 Å². The smallest absolute Gasteiger partial charge is 0.305 e. The van der Waals surface area contributed by atoms with E-state index in [9.17, 15) is 14.4 Å². The molecule has 2 saturated heterocycles. The first kappa shape index (κ1) is 20.1. The van der Waals surface area contributed by atoms with E-state index in [1.165, 1.54) is 0 Å². The van der Waals surface area contributed by atoms with Crippen LogP contribution in [-0.2, 0) is 19.1 Å². The number of carbonyl (C=O) groups excluding carboxylic acids is 2. The van der Waals surface area contributed by atoms with Crippen molar-refractivity contribution in [2.75, 3.05) is 32.9 Å². The van der Waals surface area contributed by atoms with Crippen LogP contribution in [0.3, 0.4) is 0 Å². The summed E-state index contributed by atoms with van der Waals surface area (Å²) in [7, 11) is 0. The number of piperidine rings is 1. The van der Waals surface area contributed by atoms with E-state index in [4.69, 9.17) is 14.6 Å². The van der Waals surface area contributed by atoms with Crippen molar-refractivity contribution in [1.82, 2.24) is 10.2 Å². The van der Waals surface area contributed by atoms with Gasteiger partial charge in [0.15, 0.2) is 6.61 Å². The molecule has 2 aliphatic rings. The average molecular weight is 390 g/mol. The van der Waals surface area contributed by atoms with Crippen molar-refractivity contribution in [3.63, 3.8) is 0 Å². The van der Waals surface area contributed by atoms with Crippen molar-refractivity contribution in [2.24, 2.45) is 5.92 Å². The van der Waals surface area contributed by atoms with Gasteiger partial charge in [-0.15, -0.1) is 0 Å². The lowest BCUT2D eigenvalue weighted by Crippen LogP contribution is -2.55. The van der Waals surface area contributed by atoms with Gasteiger partial charge in [0, 0.05) is 19.7 Å². The zero-order valence-electron chi connectivity index (χ0n) is 15.8. The van der Waals surface area contributed by atoms with E-state index in [0.29, 0.717) is 38.3 Å². The van der Waals surface area contributed by atoms with Crippen molar-refractivity contribution >= 4 is 17.8 Å². The number of benzene rings is 1. The molecule has 2 fully saturated rings.